The molecule has 3 amide bonds. The number of amides is 3. The first-order chi connectivity index (χ1) is 15.9. The summed E-state index contributed by atoms with van der Waals surface area (Å²) >= 11 is 0. The van der Waals surface area contributed by atoms with Crippen molar-refractivity contribution in [2.75, 3.05) is 18.4 Å². The summed E-state index contributed by atoms with van der Waals surface area (Å²) in [7, 11) is 0. The van der Waals surface area contributed by atoms with Gasteiger partial charge in [-0.2, -0.15) is 5.10 Å². The fourth-order valence-corrected chi connectivity index (χ4v) is 4.23. The van der Waals surface area contributed by atoms with Gasteiger partial charge in [0.25, 0.3) is 5.91 Å². The van der Waals surface area contributed by atoms with Crippen LogP contribution in [0, 0.1) is 13.8 Å². The van der Waals surface area contributed by atoms with E-state index in [9.17, 15) is 9.59 Å². The van der Waals surface area contributed by atoms with Crippen molar-refractivity contribution in [2.45, 2.75) is 52.7 Å². The molecule has 0 atom stereocenters. The Balaban J connectivity index is 1.58. The van der Waals surface area contributed by atoms with Crippen molar-refractivity contribution in [3.63, 3.8) is 0 Å². The van der Waals surface area contributed by atoms with Crippen molar-refractivity contribution >= 4 is 28.7 Å². The molecule has 0 radical (unpaired) electrons. The van der Waals surface area contributed by atoms with Crippen LogP contribution in [0.5, 0.6) is 0 Å². The fraction of sp³-hybridized carbons (Fsp3) is 0.417. The van der Waals surface area contributed by atoms with Gasteiger partial charge in [-0.3, -0.25) is 4.79 Å². The summed E-state index contributed by atoms with van der Waals surface area (Å²) in [6, 6.07) is 5.90. The maximum absolute atomic E-state index is 13.2. The van der Waals surface area contributed by atoms with Crippen LogP contribution in [0.1, 0.15) is 46.8 Å². The summed E-state index contributed by atoms with van der Waals surface area (Å²) in [6.45, 7) is 8.43. The molecule has 1 aromatic carbocycles. The molecule has 1 fully saturated rings. The first-order valence-corrected chi connectivity index (χ1v) is 11.4. The largest absolute Gasteiger partial charge is 0.381 e. The summed E-state index contributed by atoms with van der Waals surface area (Å²) in [6.07, 6.45) is 4.87. The van der Waals surface area contributed by atoms with Gasteiger partial charge in [-0.05, 0) is 50.3 Å². The molecule has 4 N–H and O–H groups in total. The third-order valence-corrected chi connectivity index (χ3v) is 6.39. The van der Waals surface area contributed by atoms with Crippen LogP contribution >= 0.6 is 0 Å². The van der Waals surface area contributed by atoms with Gasteiger partial charge in [-0.15, -0.1) is 0 Å². The number of aryl methyl sites for hydroxylation is 3. The van der Waals surface area contributed by atoms with Crippen LogP contribution in [0.15, 0.2) is 30.6 Å². The number of hydrogen-bond donors (Lipinski definition) is 3. The van der Waals surface area contributed by atoms with Crippen molar-refractivity contribution in [2.24, 2.45) is 5.73 Å². The lowest BCUT2D eigenvalue weighted by molar-refractivity contribution is 0.0951. The molecule has 4 rings (SSSR count). The molecule has 3 heterocycles. The number of fused-ring (bicyclic) bond motifs is 1. The normalized spacial score (nSPS) is 14.5. The van der Waals surface area contributed by atoms with Crippen LogP contribution in [-0.4, -0.2) is 50.7 Å². The third-order valence-electron chi connectivity index (χ3n) is 6.39. The van der Waals surface area contributed by atoms with Crippen LogP contribution < -0.4 is 16.4 Å². The zero-order valence-electron chi connectivity index (χ0n) is 19.4. The minimum Gasteiger partial charge on any atom is -0.381 e. The number of benzene rings is 1. The molecular weight excluding hydrogens is 418 g/mol. The molecule has 1 aliphatic heterocycles. The molecule has 33 heavy (non-hydrogen) atoms. The maximum atomic E-state index is 13.2. The van der Waals surface area contributed by atoms with Gasteiger partial charge < -0.3 is 21.3 Å². The number of carbonyl (C=O) groups excluding carboxylic acids is 2. The second-order valence-electron chi connectivity index (χ2n) is 8.59. The first-order valence-electron chi connectivity index (χ1n) is 11.4. The van der Waals surface area contributed by atoms with Gasteiger partial charge in [-0.1, -0.05) is 18.2 Å². The molecule has 1 saturated heterocycles. The average molecular weight is 450 g/mol. The number of pyridine rings is 1. The van der Waals surface area contributed by atoms with Crippen LogP contribution in [0.25, 0.3) is 11.0 Å². The van der Waals surface area contributed by atoms with Gasteiger partial charge in [0, 0.05) is 38.4 Å². The molecular formula is C24H31N7O2. The van der Waals surface area contributed by atoms with Crippen molar-refractivity contribution in [1.29, 1.82) is 0 Å². The summed E-state index contributed by atoms with van der Waals surface area (Å²) < 4.78 is 1.81. The number of rotatable bonds is 6. The highest BCUT2D eigenvalue weighted by atomic mass is 16.2. The highest BCUT2D eigenvalue weighted by Gasteiger charge is 2.25. The lowest BCUT2D eigenvalue weighted by Gasteiger charge is -2.32. The smallest absolute Gasteiger partial charge is 0.314 e. The highest BCUT2D eigenvalue weighted by Crippen LogP contribution is 2.28. The number of nitrogens with zero attached hydrogens (tertiary/aromatic N) is 4. The van der Waals surface area contributed by atoms with E-state index in [0.717, 1.165) is 35.1 Å². The Hall–Kier alpha value is -3.62. The predicted molar refractivity (Wildman–Crippen MR) is 128 cm³/mol. The molecule has 0 saturated carbocycles. The van der Waals surface area contributed by atoms with Crippen LogP contribution in [0.4, 0.5) is 10.5 Å². The number of likely N-dealkylation sites (tertiary alicyclic amines) is 1. The van der Waals surface area contributed by atoms with Crippen LogP contribution in [-0.2, 0) is 13.1 Å². The molecule has 0 bridgehead atoms. The van der Waals surface area contributed by atoms with E-state index in [1.165, 1.54) is 11.1 Å². The van der Waals surface area contributed by atoms with Gasteiger partial charge in [0.1, 0.15) is 0 Å². The number of piperidine rings is 1. The molecule has 0 unspecified atom stereocenters. The third kappa shape index (κ3) is 4.76. The number of urea groups is 1. The lowest BCUT2D eigenvalue weighted by atomic mass is 10.0. The number of nitrogens with two attached hydrogens (primary N) is 1. The van der Waals surface area contributed by atoms with E-state index < -0.39 is 6.03 Å². The quantitative estimate of drug-likeness (QED) is 0.535. The standard InChI is InChI=1S/C24H31N7O2/c1-4-31-22-19(14-28-31)21(29-18-7-9-30(10-8-18)24(25)33)20(13-26-22)23(32)27-12-17-6-5-15(2)16(3)11-17/h5-6,11,13-14,18H,4,7-10,12H2,1-3H3,(H2,25,33)(H,26,29)(H,27,32). The Kier molecular flexibility index (Phi) is 6.48. The lowest BCUT2D eigenvalue weighted by Crippen LogP contribution is -2.44. The summed E-state index contributed by atoms with van der Waals surface area (Å²) in [5.41, 5.74) is 10.8. The number of nitrogens with one attached hydrogen (secondary N) is 2. The minimum atomic E-state index is -0.393. The van der Waals surface area contributed by atoms with Crippen molar-refractivity contribution in [3.8, 4) is 0 Å². The number of carbonyl (C=O) groups is 2. The molecule has 2 aromatic heterocycles. The molecule has 1 aliphatic rings. The SMILES string of the molecule is CCn1ncc2c(NC3CCN(C(N)=O)CC3)c(C(=O)NCc3ccc(C)c(C)c3)cnc21. The van der Waals surface area contributed by atoms with E-state index >= 15 is 0 Å². The highest BCUT2D eigenvalue weighted by molar-refractivity contribution is 6.06. The van der Waals surface area contributed by atoms with Gasteiger partial charge in [0.05, 0.1) is 22.8 Å². The van der Waals surface area contributed by atoms with Gasteiger partial charge in [0.15, 0.2) is 5.65 Å². The number of aromatic nitrogens is 3. The molecule has 0 spiro atoms. The number of anilines is 1. The van der Waals surface area contributed by atoms with Crippen LogP contribution in [0.2, 0.25) is 0 Å². The minimum absolute atomic E-state index is 0.113. The van der Waals surface area contributed by atoms with E-state index in [4.69, 9.17) is 5.73 Å². The Morgan fingerprint density at radius 2 is 1.91 bits per heavy atom. The predicted octanol–water partition coefficient (Wildman–Crippen LogP) is 2.95. The van der Waals surface area contributed by atoms with E-state index in [-0.39, 0.29) is 11.9 Å². The van der Waals surface area contributed by atoms with Crippen molar-refractivity contribution < 1.29 is 9.59 Å². The molecule has 9 nitrogen and oxygen atoms in total. The number of primary amides is 1. The zero-order valence-corrected chi connectivity index (χ0v) is 19.4. The average Bonchev–Trinajstić information content (AvgIpc) is 3.24. The van der Waals surface area contributed by atoms with Gasteiger partial charge in [0.2, 0.25) is 0 Å². The number of hydrogen-bond acceptors (Lipinski definition) is 5. The van der Waals surface area contributed by atoms with E-state index in [1.54, 1.807) is 17.3 Å². The molecule has 174 valence electrons. The second kappa shape index (κ2) is 9.48. The Morgan fingerprint density at radius 3 is 2.58 bits per heavy atom. The fourth-order valence-electron chi connectivity index (χ4n) is 4.23. The summed E-state index contributed by atoms with van der Waals surface area (Å²) in [5.74, 6) is -0.191. The Morgan fingerprint density at radius 1 is 1.15 bits per heavy atom. The van der Waals surface area contributed by atoms with Gasteiger partial charge >= 0.3 is 6.03 Å². The monoisotopic (exact) mass is 449 g/mol. The van der Waals surface area contributed by atoms with E-state index in [2.05, 4.69) is 46.7 Å². The Labute approximate surface area is 193 Å². The second-order valence-corrected chi connectivity index (χ2v) is 8.59. The van der Waals surface area contributed by atoms with Crippen molar-refractivity contribution in [3.05, 3.63) is 52.8 Å². The van der Waals surface area contributed by atoms with E-state index in [1.807, 2.05) is 17.7 Å². The molecule has 9 heteroatoms. The summed E-state index contributed by atoms with van der Waals surface area (Å²) in [5, 5.41) is 11.8. The van der Waals surface area contributed by atoms with Crippen molar-refractivity contribution in [1.82, 2.24) is 25.0 Å². The molecule has 0 aliphatic carbocycles. The maximum Gasteiger partial charge on any atom is 0.314 e. The van der Waals surface area contributed by atoms with Crippen LogP contribution in [0.3, 0.4) is 0 Å². The summed E-state index contributed by atoms with van der Waals surface area (Å²) in [4.78, 5) is 30.8. The first kappa shape index (κ1) is 22.6. The zero-order chi connectivity index (χ0) is 23.5. The Bertz CT molecular complexity index is 1180. The van der Waals surface area contributed by atoms with Gasteiger partial charge in [-0.25, -0.2) is 14.5 Å². The molecule has 3 aromatic rings. The topological polar surface area (TPSA) is 118 Å². The van der Waals surface area contributed by atoms with E-state index in [0.29, 0.717) is 31.7 Å².